The van der Waals surface area contributed by atoms with Gasteiger partial charge in [0.05, 0.1) is 0 Å². The third-order valence-corrected chi connectivity index (χ3v) is 4.89. The fourth-order valence-electron chi connectivity index (χ4n) is 3.31. The zero-order valence-corrected chi connectivity index (χ0v) is 20.0. The smallest absolute Gasteiger partial charge is 0.225 e. The van der Waals surface area contributed by atoms with Crippen molar-refractivity contribution in [1.82, 2.24) is 25.2 Å². The van der Waals surface area contributed by atoms with Crippen molar-refractivity contribution in [2.45, 2.75) is 6.54 Å². The highest BCUT2D eigenvalue weighted by molar-refractivity contribution is 14.0. The molecule has 0 amide bonds. The molecule has 1 saturated heterocycles. The monoisotopic (exact) mass is 549 g/mol. The molecule has 2 aromatic heterocycles. The summed E-state index contributed by atoms with van der Waals surface area (Å²) >= 11 is 0. The van der Waals surface area contributed by atoms with E-state index in [1.54, 1.807) is 43.8 Å². The maximum atomic E-state index is 13.3. The minimum Gasteiger partial charge on any atom is -0.439 e. The largest absolute Gasteiger partial charge is 0.439 e. The molecular weight excluding hydrogens is 524 g/mol. The third-order valence-electron chi connectivity index (χ3n) is 4.89. The molecule has 0 spiro atoms. The molecule has 1 aliphatic rings. The van der Waals surface area contributed by atoms with Crippen molar-refractivity contribution in [2.24, 2.45) is 4.99 Å². The van der Waals surface area contributed by atoms with E-state index in [4.69, 9.17) is 4.74 Å². The Bertz CT molecular complexity index is 1010. The number of pyridine rings is 1. The summed E-state index contributed by atoms with van der Waals surface area (Å²) in [6.45, 7) is 3.91. The number of piperazine rings is 1. The van der Waals surface area contributed by atoms with Crippen molar-refractivity contribution in [3.05, 3.63) is 72.4 Å². The summed E-state index contributed by atoms with van der Waals surface area (Å²) in [7, 11) is 1.78. The van der Waals surface area contributed by atoms with E-state index < -0.39 is 0 Å². The standard InChI is InChI=1S/C22H24FN7O.HI/c1-24-21(29-10-12-30(13-11-29)22-25-8-3-9-26-22)28-16-17-6-7-20(27-15-17)31-19-5-2-4-18(23)14-19;/h2-9,14-15H,10-13,16H2,1H3,(H,24,28);1H. The normalized spacial score (nSPS) is 14.0. The number of guanidine groups is 1. The summed E-state index contributed by atoms with van der Waals surface area (Å²) in [5.74, 6) is 2.09. The maximum absolute atomic E-state index is 13.3. The maximum Gasteiger partial charge on any atom is 0.225 e. The quantitative estimate of drug-likeness (QED) is 0.297. The van der Waals surface area contributed by atoms with E-state index in [1.165, 1.54) is 12.1 Å². The second kappa shape index (κ2) is 11.6. The van der Waals surface area contributed by atoms with Gasteiger partial charge in [0.1, 0.15) is 11.6 Å². The first-order chi connectivity index (χ1) is 15.2. The molecular formula is C22H25FIN7O. The molecule has 0 atom stereocenters. The molecule has 3 aromatic rings. The van der Waals surface area contributed by atoms with Crippen LogP contribution >= 0.6 is 24.0 Å². The number of halogens is 2. The van der Waals surface area contributed by atoms with E-state index in [0.29, 0.717) is 18.2 Å². The van der Waals surface area contributed by atoms with E-state index >= 15 is 0 Å². The van der Waals surface area contributed by atoms with Gasteiger partial charge < -0.3 is 19.9 Å². The van der Waals surface area contributed by atoms with Gasteiger partial charge in [-0.1, -0.05) is 12.1 Å². The van der Waals surface area contributed by atoms with Crippen LogP contribution in [0.2, 0.25) is 0 Å². The van der Waals surface area contributed by atoms with Gasteiger partial charge in [0.25, 0.3) is 0 Å². The number of ether oxygens (including phenoxy) is 1. The molecule has 0 bridgehead atoms. The van der Waals surface area contributed by atoms with E-state index in [9.17, 15) is 4.39 Å². The molecule has 10 heteroatoms. The minimum absolute atomic E-state index is 0. The average molecular weight is 549 g/mol. The lowest BCUT2D eigenvalue weighted by molar-refractivity contribution is 0.370. The lowest BCUT2D eigenvalue weighted by Gasteiger charge is -2.36. The Labute approximate surface area is 203 Å². The SMILES string of the molecule is CN=C(NCc1ccc(Oc2cccc(F)c2)nc1)N1CCN(c2ncccn2)CC1.I. The number of benzene rings is 1. The summed E-state index contributed by atoms with van der Waals surface area (Å²) < 4.78 is 18.9. The van der Waals surface area contributed by atoms with Gasteiger partial charge in [-0.3, -0.25) is 4.99 Å². The Hall–Kier alpha value is -3.02. The number of nitrogens with zero attached hydrogens (tertiary/aromatic N) is 6. The molecule has 3 heterocycles. The highest BCUT2D eigenvalue weighted by atomic mass is 127. The van der Waals surface area contributed by atoms with Crippen LogP contribution in [0.1, 0.15) is 5.56 Å². The van der Waals surface area contributed by atoms with Gasteiger partial charge >= 0.3 is 0 Å². The van der Waals surface area contributed by atoms with Gasteiger partial charge in [-0.15, -0.1) is 24.0 Å². The fourth-order valence-corrected chi connectivity index (χ4v) is 3.31. The molecule has 0 aliphatic carbocycles. The Morgan fingerprint density at radius 1 is 1.06 bits per heavy atom. The Kier molecular flexibility index (Phi) is 8.54. The molecule has 1 fully saturated rings. The number of rotatable bonds is 5. The molecule has 0 unspecified atom stereocenters. The Morgan fingerprint density at radius 3 is 2.50 bits per heavy atom. The molecule has 4 rings (SSSR count). The van der Waals surface area contributed by atoms with Crippen LogP contribution in [-0.4, -0.2) is 59.0 Å². The van der Waals surface area contributed by atoms with Crippen molar-refractivity contribution in [3.8, 4) is 11.6 Å². The molecule has 1 aliphatic heterocycles. The van der Waals surface area contributed by atoms with Crippen molar-refractivity contribution in [1.29, 1.82) is 0 Å². The lowest BCUT2D eigenvalue weighted by atomic mass is 10.3. The fraction of sp³-hybridized carbons (Fsp3) is 0.273. The predicted molar refractivity (Wildman–Crippen MR) is 132 cm³/mol. The van der Waals surface area contributed by atoms with Crippen LogP contribution in [0.4, 0.5) is 10.3 Å². The first-order valence-electron chi connectivity index (χ1n) is 10.1. The Morgan fingerprint density at radius 2 is 1.84 bits per heavy atom. The first kappa shape index (κ1) is 23.6. The van der Waals surface area contributed by atoms with Gasteiger partial charge in [0.15, 0.2) is 5.96 Å². The Balaban J connectivity index is 0.00000289. The van der Waals surface area contributed by atoms with Gasteiger partial charge in [0, 0.05) is 70.5 Å². The summed E-state index contributed by atoms with van der Waals surface area (Å²) in [6, 6.07) is 11.5. The molecule has 1 aromatic carbocycles. The third kappa shape index (κ3) is 6.25. The highest BCUT2D eigenvalue weighted by Crippen LogP contribution is 2.20. The summed E-state index contributed by atoms with van der Waals surface area (Å²) in [5, 5.41) is 3.38. The molecule has 1 N–H and O–H groups in total. The molecule has 168 valence electrons. The van der Waals surface area contributed by atoms with Crippen molar-refractivity contribution in [2.75, 3.05) is 38.1 Å². The van der Waals surface area contributed by atoms with Crippen molar-refractivity contribution < 1.29 is 9.13 Å². The minimum atomic E-state index is -0.346. The second-order valence-electron chi connectivity index (χ2n) is 6.99. The average Bonchev–Trinajstić information content (AvgIpc) is 2.81. The topological polar surface area (TPSA) is 78.8 Å². The molecule has 8 nitrogen and oxygen atoms in total. The zero-order valence-electron chi connectivity index (χ0n) is 17.7. The van der Waals surface area contributed by atoms with Crippen LogP contribution in [0.15, 0.2) is 66.0 Å². The van der Waals surface area contributed by atoms with Crippen LogP contribution in [0, 0.1) is 5.82 Å². The lowest BCUT2D eigenvalue weighted by Crippen LogP contribution is -2.52. The highest BCUT2D eigenvalue weighted by Gasteiger charge is 2.21. The van der Waals surface area contributed by atoms with Crippen molar-refractivity contribution >= 4 is 35.9 Å². The number of anilines is 1. The summed E-state index contributed by atoms with van der Waals surface area (Å²) in [4.78, 5) is 21.7. The van der Waals surface area contributed by atoms with Crippen LogP contribution in [0.25, 0.3) is 0 Å². The van der Waals surface area contributed by atoms with Crippen LogP contribution in [0.3, 0.4) is 0 Å². The zero-order chi connectivity index (χ0) is 21.5. The number of aliphatic imine (C=N–C) groups is 1. The second-order valence-corrected chi connectivity index (χ2v) is 6.99. The number of aromatic nitrogens is 3. The number of hydrogen-bond acceptors (Lipinski definition) is 6. The number of hydrogen-bond donors (Lipinski definition) is 1. The van der Waals surface area contributed by atoms with E-state index in [1.807, 2.05) is 12.1 Å². The predicted octanol–water partition coefficient (Wildman–Crippen LogP) is 3.32. The van der Waals surface area contributed by atoms with Crippen LogP contribution < -0.4 is 15.0 Å². The van der Waals surface area contributed by atoms with Crippen LogP contribution in [-0.2, 0) is 6.54 Å². The van der Waals surface area contributed by atoms with E-state index in [2.05, 4.69) is 35.1 Å². The first-order valence-corrected chi connectivity index (χ1v) is 10.1. The van der Waals surface area contributed by atoms with E-state index in [0.717, 1.165) is 43.7 Å². The van der Waals surface area contributed by atoms with Crippen LogP contribution in [0.5, 0.6) is 11.6 Å². The van der Waals surface area contributed by atoms with Gasteiger partial charge in [-0.2, -0.15) is 0 Å². The van der Waals surface area contributed by atoms with Gasteiger partial charge in [-0.05, 0) is 23.8 Å². The van der Waals surface area contributed by atoms with Gasteiger partial charge in [-0.25, -0.2) is 19.3 Å². The van der Waals surface area contributed by atoms with Gasteiger partial charge in [0.2, 0.25) is 11.8 Å². The molecule has 32 heavy (non-hydrogen) atoms. The van der Waals surface area contributed by atoms with E-state index in [-0.39, 0.29) is 29.8 Å². The number of nitrogens with one attached hydrogen (secondary N) is 1. The van der Waals surface area contributed by atoms with Crippen molar-refractivity contribution in [3.63, 3.8) is 0 Å². The molecule has 0 radical (unpaired) electrons. The molecule has 0 saturated carbocycles. The summed E-state index contributed by atoms with van der Waals surface area (Å²) in [6.07, 6.45) is 5.26. The summed E-state index contributed by atoms with van der Waals surface area (Å²) in [5.41, 5.74) is 0.990.